The Morgan fingerprint density at radius 3 is 2.92 bits per heavy atom. The van der Waals surface area contributed by atoms with Gasteiger partial charge in [-0.25, -0.2) is 4.98 Å². The summed E-state index contributed by atoms with van der Waals surface area (Å²) in [5.74, 6) is -1.13. The quantitative estimate of drug-likeness (QED) is 0.603. The second-order valence-corrected chi connectivity index (χ2v) is 2.27. The van der Waals surface area contributed by atoms with Crippen LogP contribution in [0.4, 0.5) is 0 Å². The van der Waals surface area contributed by atoms with Crippen molar-refractivity contribution >= 4 is 5.97 Å². The molecule has 1 rings (SSSR count). The number of carboxylic acids is 1. The molecule has 3 N–H and O–H groups in total. The molecule has 1 aromatic rings. The maximum absolute atomic E-state index is 10.4. The summed E-state index contributed by atoms with van der Waals surface area (Å²) in [5, 5.41) is 15.5. The number of nitrogens with zero attached hydrogens (tertiary/aromatic N) is 3. The molecule has 0 amide bonds. The van der Waals surface area contributed by atoms with Crippen molar-refractivity contribution in [3.8, 4) is 0 Å². The highest BCUT2D eigenvalue weighted by molar-refractivity contribution is 5.73. The number of aryl methyl sites for hydroxylation is 1. The largest absolute Gasteiger partial charge is 0.480 e. The van der Waals surface area contributed by atoms with Crippen molar-refractivity contribution < 1.29 is 9.90 Å². The van der Waals surface area contributed by atoms with E-state index in [0.717, 1.165) is 0 Å². The molecule has 1 atom stereocenters. The Hall–Kier alpha value is -1.56. The van der Waals surface area contributed by atoms with Gasteiger partial charge < -0.3 is 10.8 Å². The number of hydrogen-bond donors (Lipinski definition) is 2. The van der Waals surface area contributed by atoms with Crippen molar-refractivity contribution in [3.63, 3.8) is 0 Å². The van der Waals surface area contributed by atoms with Crippen molar-refractivity contribution in [3.05, 3.63) is 17.7 Å². The highest BCUT2D eigenvalue weighted by Crippen LogP contribution is 2.01. The van der Waals surface area contributed by atoms with Gasteiger partial charge in [0.1, 0.15) is 0 Å². The van der Waals surface area contributed by atoms with Crippen LogP contribution in [0.15, 0.2) is 6.20 Å². The SMILES string of the molecule is Cc1cnnc(C(N)C(=O)O)n1. The number of aromatic nitrogens is 3. The molecule has 6 nitrogen and oxygen atoms in total. The Kier molecular flexibility index (Phi) is 2.29. The number of carbonyl (C=O) groups is 1. The lowest BCUT2D eigenvalue weighted by atomic mass is 10.3. The first-order chi connectivity index (χ1) is 5.61. The van der Waals surface area contributed by atoms with Crippen LogP contribution < -0.4 is 5.73 Å². The smallest absolute Gasteiger partial charge is 0.328 e. The van der Waals surface area contributed by atoms with Crippen LogP contribution in [0.2, 0.25) is 0 Å². The zero-order valence-corrected chi connectivity index (χ0v) is 6.43. The average Bonchev–Trinajstić information content (AvgIpc) is 2.03. The molecule has 0 aliphatic carbocycles. The molecule has 64 valence electrons. The van der Waals surface area contributed by atoms with Gasteiger partial charge in [-0.15, -0.1) is 5.10 Å². The van der Waals surface area contributed by atoms with Gasteiger partial charge in [0.25, 0.3) is 0 Å². The third-order valence-corrected chi connectivity index (χ3v) is 1.24. The van der Waals surface area contributed by atoms with E-state index in [2.05, 4.69) is 15.2 Å². The molecule has 0 spiro atoms. The van der Waals surface area contributed by atoms with E-state index in [-0.39, 0.29) is 5.82 Å². The van der Waals surface area contributed by atoms with Gasteiger partial charge in [0.15, 0.2) is 11.9 Å². The summed E-state index contributed by atoms with van der Waals surface area (Å²) in [7, 11) is 0. The van der Waals surface area contributed by atoms with E-state index in [9.17, 15) is 4.79 Å². The zero-order chi connectivity index (χ0) is 9.14. The van der Waals surface area contributed by atoms with E-state index in [0.29, 0.717) is 5.69 Å². The van der Waals surface area contributed by atoms with Crippen molar-refractivity contribution in [2.75, 3.05) is 0 Å². The molecule has 0 saturated heterocycles. The fourth-order valence-electron chi connectivity index (χ4n) is 0.646. The molecule has 1 heterocycles. The van der Waals surface area contributed by atoms with Gasteiger partial charge in [0, 0.05) is 0 Å². The third-order valence-electron chi connectivity index (χ3n) is 1.24. The molecule has 0 saturated carbocycles. The zero-order valence-electron chi connectivity index (χ0n) is 6.43. The second kappa shape index (κ2) is 3.22. The normalized spacial score (nSPS) is 12.5. The summed E-state index contributed by atoms with van der Waals surface area (Å²) in [4.78, 5) is 14.2. The van der Waals surface area contributed by atoms with E-state index in [1.54, 1.807) is 6.92 Å². The molecule has 1 aromatic heterocycles. The van der Waals surface area contributed by atoms with Gasteiger partial charge in [-0.3, -0.25) is 4.79 Å². The predicted molar refractivity (Wildman–Crippen MR) is 39.1 cm³/mol. The lowest BCUT2D eigenvalue weighted by Crippen LogP contribution is -2.23. The van der Waals surface area contributed by atoms with Crippen LogP contribution in [-0.4, -0.2) is 26.3 Å². The Labute approximate surface area is 68.4 Å². The number of nitrogens with two attached hydrogens (primary N) is 1. The van der Waals surface area contributed by atoms with E-state index < -0.39 is 12.0 Å². The van der Waals surface area contributed by atoms with Gasteiger partial charge >= 0.3 is 5.97 Å². The van der Waals surface area contributed by atoms with Crippen LogP contribution in [0.5, 0.6) is 0 Å². The minimum absolute atomic E-state index is 0.0301. The van der Waals surface area contributed by atoms with Crippen molar-refractivity contribution in [2.45, 2.75) is 13.0 Å². The minimum atomic E-state index is -1.20. The van der Waals surface area contributed by atoms with Crippen LogP contribution in [0.25, 0.3) is 0 Å². The molecular weight excluding hydrogens is 160 g/mol. The molecule has 0 fully saturated rings. The Morgan fingerprint density at radius 2 is 2.42 bits per heavy atom. The first kappa shape index (κ1) is 8.54. The van der Waals surface area contributed by atoms with Gasteiger partial charge in [0.2, 0.25) is 0 Å². The van der Waals surface area contributed by atoms with Crippen LogP contribution >= 0.6 is 0 Å². The standard InChI is InChI=1S/C6H8N4O2/c1-3-2-8-10-5(9-3)4(7)6(11)12/h2,4H,7H2,1H3,(H,11,12). The highest BCUT2D eigenvalue weighted by Gasteiger charge is 2.17. The highest BCUT2D eigenvalue weighted by atomic mass is 16.4. The van der Waals surface area contributed by atoms with E-state index in [4.69, 9.17) is 10.8 Å². The van der Waals surface area contributed by atoms with Gasteiger partial charge in [-0.2, -0.15) is 5.10 Å². The van der Waals surface area contributed by atoms with Crippen LogP contribution in [0, 0.1) is 6.92 Å². The molecule has 0 aliphatic heterocycles. The Bertz CT molecular complexity index is 301. The molecule has 6 heteroatoms. The Morgan fingerprint density at radius 1 is 1.75 bits per heavy atom. The lowest BCUT2D eigenvalue weighted by Gasteiger charge is -2.02. The fourth-order valence-corrected chi connectivity index (χ4v) is 0.646. The summed E-state index contributed by atoms with van der Waals surface area (Å²) in [6.07, 6.45) is 1.43. The van der Waals surface area contributed by atoms with Crippen molar-refractivity contribution in [1.29, 1.82) is 0 Å². The third kappa shape index (κ3) is 1.73. The van der Waals surface area contributed by atoms with E-state index >= 15 is 0 Å². The van der Waals surface area contributed by atoms with Gasteiger partial charge in [0.05, 0.1) is 11.9 Å². The molecular formula is C6H8N4O2. The van der Waals surface area contributed by atoms with Crippen molar-refractivity contribution in [2.24, 2.45) is 5.73 Å². The van der Waals surface area contributed by atoms with Crippen LogP contribution in [0.3, 0.4) is 0 Å². The number of aliphatic carboxylic acids is 1. The fraction of sp³-hybridized carbons (Fsp3) is 0.333. The van der Waals surface area contributed by atoms with E-state index in [1.165, 1.54) is 6.20 Å². The number of rotatable bonds is 2. The van der Waals surface area contributed by atoms with Crippen LogP contribution in [0.1, 0.15) is 17.6 Å². The minimum Gasteiger partial charge on any atom is -0.480 e. The second-order valence-electron chi connectivity index (χ2n) is 2.27. The number of hydrogen-bond acceptors (Lipinski definition) is 5. The average molecular weight is 168 g/mol. The van der Waals surface area contributed by atoms with Crippen LogP contribution in [-0.2, 0) is 4.79 Å². The topological polar surface area (TPSA) is 102 Å². The molecule has 0 bridgehead atoms. The van der Waals surface area contributed by atoms with Gasteiger partial charge in [-0.05, 0) is 6.92 Å². The summed E-state index contributed by atoms with van der Waals surface area (Å²) in [6, 6.07) is -1.20. The van der Waals surface area contributed by atoms with E-state index in [1.807, 2.05) is 0 Å². The summed E-state index contributed by atoms with van der Waals surface area (Å²) < 4.78 is 0. The van der Waals surface area contributed by atoms with Crippen molar-refractivity contribution in [1.82, 2.24) is 15.2 Å². The first-order valence-electron chi connectivity index (χ1n) is 3.26. The van der Waals surface area contributed by atoms with Gasteiger partial charge in [-0.1, -0.05) is 0 Å². The molecule has 0 radical (unpaired) electrons. The summed E-state index contributed by atoms with van der Waals surface area (Å²) >= 11 is 0. The maximum atomic E-state index is 10.4. The monoisotopic (exact) mass is 168 g/mol. The summed E-state index contributed by atoms with van der Waals surface area (Å²) in [6.45, 7) is 1.69. The molecule has 0 aliphatic rings. The molecule has 12 heavy (non-hydrogen) atoms. The maximum Gasteiger partial charge on any atom is 0.328 e. The lowest BCUT2D eigenvalue weighted by molar-refractivity contribution is -0.138. The number of carboxylic acid groups (broad SMARTS) is 1. The predicted octanol–water partition coefficient (Wildman–Crippen LogP) is -0.736. The molecule has 1 unspecified atom stereocenters. The first-order valence-corrected chi connectivity index (χ1v) is 3.26. The Balaban J connectivity index is 2.95. The summed E-state index contributed by atoms with van der Waals surface area (Å²) in [5.41, 5.74) is 5.84. The molecule has 0 aromatic carbocycles.